The zero-order valence-corrected chi connectivity index (χ0v) is 11.9. The fourth-order valence-corrected chi connectivity index (χ4v) is 2.75. The topological polar surface area (TPSA) is 47.0 Å². The summed E-state index contributed by atoms with van der Waals surface area (Å²) in [6, 6.07) is 8.27. The van der Waals surface area contributed by atoms with Crippen LogP contribution in [-0.4, -0.2) is 29.7 Å². The zero-order chi connectivity index (χ0) is 13.8. The van der Waals surface area contributed by atoms with Crippen LogP contribution in [0.4, 0.5) is 0 Å². The van der Waals surface area contributed by atoms with E-state index in [0.29, 0.717) is 5.92 Å². The first-order valence-electron chi connectivity index (χ1n) is 7.41. The Labute approximate surface area is 119 Å². The first-order valence-corrected chi connectivity index (χ1v) is 7.41. The van der Waals surface area contributed by atoms with E-state index in [4.69, 9.17) is 9.72 Å². The Kier molecular flexibility index (Phi) is 4.23. The highest BCUT2D eigenvalue weighted by Crippen LogP contribution is 2.28. The molecular formula is C16H21N3O. The molecule has 1 saturated heterocycles. The molecule has 3 rings (SSSR count). The second-order valence-corrected chi connectivity index (χ2v) is 5.34. The van der Waals surface area contributed by atoms with Gasteiger partial charge in [0.1, 0.15) is 0 Å². The van der Waals surface area contributed by atoms with Gasteiger partial charge in [-0.25, -0.2) is 4.98 Å². The molecule has 2 atom stereocenters. The number of fused-ring (bicyclic) bond motifs is 1. The highest BCUT2D eigenvalue weighted by molar-refractivity contribution is 5.73. The van der Waals surface area contributed by atoms with E-state index in [-0.39, 0.29) is 6.04 Å². The van der Waals surface area contributed by atoms with Crippen molar-refractivity contribution in [2.75, 3.05) is 19.8 Å². The van der Waals surface area contributed by atoms with E-state index >= 15 is 0 Å². The summed E-state index contributed by atoms with van der Waals surface area (Å²) >= 11 is 0. The summed E-state index contributed by atoms with van der Waals surface area (Å²) in [6.07, 6.45) is 4.12. The Balaban J connectivity index is 1.90. The SMILES string of the molecule is CCCNC(c1cnc2ccccc2n1)C1CCOC1. The van der Waals surface area contributed by atoms with Gasteiger partial charge in [-0.15, -0.1) is 0 Å². The molecule has 1 N–H and O–H groups in total. The maximum absolute atomic E-state index is 5.54. The van der Waals surface area contributed by atoms with Crippen molar-refractivity contribution < 1.29 is 4.74 Å². The van der Waals surface area contributed by atoms with Gasteiger partial charge in [0.2, 0.25) is 0 Å². The number of nitrogens with zero attached hydrogens (tertiary/aromatic N) is 2. The van der Waals surface area contributed by atoms with Crippen LogP contribution >= 0.6 is 0 Å². The summed E-state index contributed by atoms with van der Waals surface area (Å²) in [4.78, 5) is 9.33. The summed E-state index contributed by atoms with van der Waals surface area (Å²) in [6.45, 7) is 4.85. The van der Waals surface area contributed by atoms with Gasteiger partial charge >= 0.3 is 0 Å². The average Bonchev–Trinajstić information content (AvgIpc) is 3.02. The van der Waals surface area contributed by atoms with E-state index in [1.807, 2.05) is 30.5 Å². The number of nitrogens with one attached hydrogen (secondary N) is 1. The van der Waals surface area contributed by atoms with Gasteiger partial charge in [0, 0.05) is 12.5 Å². The van der Waals surface area contributed by atoms with Gasteiger partial charge in [-0.3, -0.25) is 4.98 Å². The minimum Gasteiger partial charge on any atom is -0.381 e. The molecule has 0 saturated carbocycles. The lowest BCUT2D eigenvalue weighted by Gasteiger charge is -2.23. The van der Waals surface area contributed by atoms with Crippen molar-refractivity contribution in [3.05, 3.63) is 36.2 Å². The van der Waals surface area contributed by atoms with Gasteiger partial charge in [0.15, 0.2) is 0 Å². The Morgan fingerprint density at radius 1 is 1.35 bits per heavy atom. The number of para-hydroxylation sites is 2. The van der Waals surface area contributed by atoms with E-state index in [0.717, 1.165) is 49.3 Å². The maximum Gasteiger partial charge on any atom is 0.0890 e. The molecule has 2 heterocycles. The number of hydrogen-bond donors (Lipinski definition) is 1. The van der Waals surface area contributed by atoms with E-state index in [1.165, 1.54) is 0 Å². The Morgan fingerprint density at radius 3 is 2.95 bits per heavy atom. The molecule has 2 aromatic rings. The Bertz CT molecular complexity index is 566. The van der Waals surface area contributed by atoms with Crippen LogP contribution in [0.2, 0.25) is 0 Å². The zero-order valence-electron chi connectivity index (χ0n) is 11.9. The highest BCUT2D eigenvalue weighted by Gasteiger charge is 2.27. The first kappa shape index (κ1) is 13.5. The number of benzene rings is 1. The molecule has 1 aliphatic rings. The van der Waals surface area contributed by atoms with Crippen molar-refractivity contribution in [3.63, 3.8) is 0 Å². The van der Waals surface area contributed by atoms with Crippen molar-refractivity contribution >= 4 is 11.0 Å². The average molecular weight is 271 g/mol. The molecule has 0 aliphatic carbocycles. The predicted molar refractivity (Wildman–Crippen MR) is 79.5 cm³/mol. The van der Waals surface area contributed by atoms with Gasteiger partial charge in [-0.1, -0.05) is 19.1 Å². The van der Waals surface area contributed by atoms with Crippen LogP contribution in [0.3, 0.4) is 0 Å². The van der Waals surface area contributed by atoms with Crippen molar-refractivity contribution in [1.82, 2.24) is 15.3 Å². The fraction of sp³-hybridized carbons (Fsp3) is 0.500. The summed E-state index contributed by atoms with van der Waals surface area (Å²) in [5, 5.41) is 3.61. The van der Waals surface area contributed by atoms with E-state index < -0.39 is 0 Å². The lowest BCUT2D eigenvalue weighted by atomic mass is 9.96. The monoisotopic (exact) mass is 271 g/mol. The van der Waals surface area contributed by atoms with Crippen LogP contribution in [0.25, 0.3) is 11.0 Å². The molecule has 2 unspecified atom stereocenters. The molecule has 1 fully saturated rings. The third-order valence-corrected chi connectivity index (χ3v) is 3.84. The first-order chi connectivity index (χ1) is 9.88. The molecule has 1 aliphatic heterocycles. The van der Waals surface area contributed by atoms with Crippen LogP contribution in [0.5, 0.6) is 0 Å². The second kappa shape index (κ2) is 6.29. The minimum absolute atomic E-state index is 0.245. The van der Waals surface area contributed by atoms with Crippen molar-refractivity contribution in [1.29, 1.82) is 0 Å². The standard InChI is InChI=1S/C16H21N3O/c1-2-8-17-16(12-7-9-20-11-12)15-10-18-13-5-3-4-6-14(13)19-15/h3-6,10,12,16-17H,2,7-9,11H2,1H3. The van der Waals surface area contributed by atoms with Gasteiger partial charge < -0.3 is 10.1 Å². The van der Waals surface area contributed by atoms with E-state index in [1.54, 1.807) is 0 Å². The number of hydrogen-bond acceptors (Lipinski definition) is 4. The van der Waals surface area contributed by atoms with Gasteiger partial charge in [0.25, 0.3) is 0 Å². The number of rotatable bonds is 5. The molecule has 4 nitrogen and oxygen atoms in total. The molecule has 20 heavy (non-hydrogen) atoms. The van der Waals surface area contributed by atoms with Crippen LogP contribution < -0.4 is 5.32 Å². The van der Waals surface area contributed by atoms with Crippen LogP contribution in [0, 0.1) is 5.92 Å². The lowest BCUT2D eigenvalue weighted by molar-refractivity contribution is 0.176. The van der Waals surface area contributed by atoms with Crippen LogP contribution in [0.15, 0.2) is 30.5 Å². The summed E-state index contributed by atoms with van der Waals surface area (Å²) in [7, 11) is 0. The summed E-state index contributed by atoms with van der Waals surface area (Å²) < 4.78 is 5.54. The molecule has 0 bridgehead atoms. The third-order valence-electron chi connectivity index (χ3n) is 3.84. The predicted octanol–water partition coefficient (Wildman–Crippen LogP) is 2.71. The summed E-state index contributed by atoms with van der Waals surface area (Å²) in [5.74, 6) is 0.497. The number of ether oxygens (including phenoxy) is 1. The van der Waals surface area contributed by atoms with Gasteiger partial charge in [-0.05, 0) is 31.5 Å². The van der Waals surface area contributed by atoms with Crippen molar-refractivity contribution in [3.8, 4) is 0 Å². The highest BCUT2D eigenvalue weighted by atomic mass is 16.5. The second-order valence-electron chi connectivity index (χ2n) is 5.34. The summed E-state index contributed by atoms with van der Waals surface area (Å²) in [5.41, 5.74) is 2.95. The maximum atomic E-state index is 5.54. The molecule has 0 spiro atoms. The normalized spacial score (nSPS) is 20.4. The lowest BCUT2D eigenvalue weighted by Crippen LogP contribution is -2.30. The minimum atomic E-state index is 0.245. The molecule has 4 heteroatoms. The quantitative estimate of drug-likeness (QED) is 0.908. The molecule has 0 amide bonds. The molecule has 0 radical (unpaired) electrons. The van der Waals surface area contributed by atoms with E-state index in [2.05, 4.69) is 17.2 Å². The Hall–Kier alpha value is -1.52. The molecule has 1 aromatic carbocycles. The molecule has 106 valence electrons. The van der Waals surface area contributed by atoms with Gasteiger partial charge in [-0.2, -0.15) is 0 Å². The van der Waals surface area contributed by atoms with E-state index in [9.17, 15) is 0 Å². The number of aromatic nitrogens is 2. The van der Waals surface area contributed by atoms with Crippen molar-refractivity contribution in [2.45, 2.75) is 25.8 Å². The van der Waals surface area contributed by atoms with Gasteiger partial charge in [0.05, 0.1) is 35.6 Å². The smallest absolute Gasteiger partial charge is 0.0890 e. The van der Waals surface area contributed by atoms with Crippen molar-refractivity contribution in [2.24, 2.45) is 5.92 Å². The third kappa shape index (κ3) is 2.81. The fourth-order valence-electron chi connectivity index (χ4n) is 2.75. The Morgan fingerprint density at radius 2 is 2.20 bits per heavy atom. The molecular weight excluding hydrogens is 250 g/mol. The van der Waals surface area contributed by atoms with Crippen LogP contribution in [0.1, 0.15) is 31.5 Å². The van der Waals surface area contributed by atoms with Crippen LogP contribution in [-0.2, 0) is 4.74 Å². The molecule has 1 aromatic heterocycles. The largest absolute Gasteiger partial charge is 0.381 e.